The Bertz CT molecular complexity index is 2280. The Morgan fingerprint density at radius 3 is 1.95 bits per heavy atom. The summed E-state index contributed by atoms with van der Waals surface area (Å²) in [6, 6.07) is 16.9. The zero-order valence-corrected chi connectivity index (χ0v) is 34.0. The molecular weight excluding hydrogens is 792 g/mol. The van der Waals surface area contributed by atoms with E-state index in [1.54, 1.807) is 46.0 Å². The number of alkyl halides is 3. The van der Waals surface area contributed by atoms with Crippen LogP contribution in [0, 0.1) is 41.9 Å². The van der Waals surface area contributed by atoms with Crippen LogP contribution >= 0.6 is 0 Å². The number of halogens is 3. The SMILES string of the molecule is Cc1ccc(Nc2nn([C@H]3CC[C@H](C(=O)NC4CC4)C[C@@H]3C#N)cc2C(=O)NCc2ccc(Nc3nn([C@H]4CC[C@H](C(=O)NCC(F)(F)F)C[C@@H]4C)cc3C(N)=O)cc2)cc1. The van der Waals surface area contributed by atoms with Gasteiger partial charge in [0.1, 0.15) is 17.7 Å². The molecule has 322 valence electrons. The van der Waals surface area contributed by atoms with Crippen LogP contribution in [0.3, 0.4) is 0 Å². The summed E-state index contributed by atoms with van der Waals surface area (Å²) in [6.45, 7) is 2.67. The van der Waals surface area contributed by atoms with Gasteiger partial charge in [-0.25, -0.2) is 0 Å². The number of nitrogens with one attached hydrogen (secondary N) is 5. The lowest BCUT2D eigenvalue weighted by Crippen LogP contribution is -2.40. The maximum Gasteiger partial charge on any atom is 0.405 e. The quantitative estimate of drug-likeness (QED) is 0.0837. The van der Waals surface area contributed by atoms with Gasteiger partial charge < -0.3 is 32.3 Å². The average Bonchev–Trinajstić information content (AvgIpc) is 3.80. The number of benzene rings is 2. The first kappa shape index (κ1) is 42.7. The van der Waals surface area contributed by atoms with Crippen molar-refractivity contribution in [1.29, 1.82) is 5.26 Å². The van der Waals surface area contributed by atoms with Gasteiger partial charge in [-0.1, -0.05) is 36.8 Å². The Balaban J connectivity index is 0.996. The van der Waals surface area contributed by atoms with E-state index in [0.717, 1.165) is 29.7 Å². The highest BCUT2D eigenvalue weighted by Gasteiger charge is 2.38. The summed E-state index contributed by atoms with van der Waals surface area (Å²) >= 11 is 0. The molecule has 7 N–H and O–H groups in total. The molecule has 3 saturated carbocycles. The molecule has 18 heteroatoms. The minimum absolute atomic E-state index is 0.00201. The summed E-state index contributed by atoms with van der Waals surface area (Å²) in [5, 5.41) is 34.0. The highest BCUT2D eigenvalue weighted by atomic mass is 19.4. The van der Waals surface area contributed by atoms with Gasteiger partial charge >= 0.3 is 6.18 Å². The first-order valence-electron chi connectivity index (χ1n) is 20.6. The number of amides is 4. The van der Waals surface area contributed by atoms with Crippen LogP contribution < -0.4 is 32.3 Å². The van der Waals surface area contributed by atoms with Crippen molar-refractivity contribution in [3.8, 4) is 6.07 Å². The second-order valence-corrected chi connectivity index (χ2v) is 16.6. The third kappa shape index (κ3) is 10.7. The lowest BCUT2D eigenvalue weighted by Gasteiger charge is -2.33. The van der Waals surface area contributed by atoms with Crippen LogP contribution in [0.5, 0.6) is 0 Å². The highest BCUT2D eigenvalue weighted by molar-refractivity contribution is 5.99. The molecule has 4 amide bonds. The van der Waals surface area contributed by atoms with E-state index in [2.05, 4.69) is 32.4 Å². The van der Waals surface area contributed by atoms with Crippen molar-refractivity contribution in [2.45, 2.75) is 96.1 Å². The van der Waals surface area contributed by atoms with E-state index < -0.39 is 36.4 Å². The van der Waals surface area contributed by atoms with E-state index in [-0.39, 0.29) is 59.7 Å². The van der Waals surface area contributed by atoms with Crippen molar-refractivity contribution < 1.29 is 32.3 Å². The van der Waals surface area contributed by atoms with Gasteiger partial charge in [-0.05, 0) is 94.0 Å². The zero-order valence-electron chi connectivity index (χ0n) is 34.0. The van der Waals surface area contributed by atoms with Gasteiger partial charge in [0.15, 0.2) is 11.6 Å². The highest BCUT2D eigenvalue weighted by Crippen LogP contribution is 2.40. The molecule has 0 unspecified atom stereocenters. The lowest BCUT2D eigenvalue weighted by molar-refractivity contribution is -0.141. The minimum Gasteiger partial charge on any atom is -0.365 e. The smallest absolute Gasteiger partial charge is 0.365 e. The number of primary amides is 1. The van der Waals surface area contributed by atoms with E-state index >= 15 is 0 Å². The molecule has 2 heterocycles. The maximum atomic E-state index is 13.8. The van der Waals surface area contributed by atoms with Crippen LogP contribution in [-0.2, 0) is 16.1 Å². The number of carbonyl (C=O) groups is 4. The molecule has 0 aliphatic heterocycles. The molecule has 2 aromatic heterocycles. The van der Waals surface area contributed by atoms with Gasteiger partial charge in [-0.3, -0.25) is 28.5 Å². The third-order valence-corrected chi connectivity index (χ3v) is 11.9. The van der Waals surface area contributed by atoms with E-state index in [1.165, 1.54) is 0 Å². The number of nitriles is 1. The van der Waals surface area contributed by atoms with Gasteiger partial charge in [0.2, 0.25) is 11.8 Å². The standard InChI is InChI=1S/C43H50F3N11O4/c1-24-3-9-30(10-4-24)52-39-34(22-57(55-39)36-16-8-28(18-29(36)19-47)41(60)53-32-13-14-32)42(61)49-20-26-5-11-31(12-6-26)51-38-33(37(48)58)21-56(54-38)35-15-7-27(17-25(35)2)40(59)50-23-43(44,45)46/h3-6,9-12,21-22,25,27-29,32,35-36H,7-8,13-18,20,23H2,1-2H3,(H2,48,58)(H,49,61)(H,50,59)(H,51,54)(H,52,55)(H,53,60)/t25-,27-,28-,29+,35-,36-/m0/s1. The third-order valence-electron chi connectivity index (χ3n) is 11.9. The molecular formula is C43H50F3N11O4. The maximum absolute atomic E-state index is 13.8. The fourth-order valence-corrected chi connectivity index (χ4v) is 8.29. The van der Waals surface area contributed by atoms with Gasteiger partial charge in [0.05, 0.1) is 24.1 Å². The number of aryl methyl sites for hydroxylation is 1. The van der Waals surface area contributed by atoms with Gasteiger partial charge in [0, 0.05) is 48.2 Å². The van der Waals surface area contributed by atoms with Gasteiger partial charge in [0.25, 0.3) is 11.8 Å². The molecule has 7 rings (SSSR count). The molecule has 3 fully saturated rings. The molecule has 0 saturated heterocycles. The summed E-state index contributed by atoms with van der Waals surface area (Å²) in [6.07, 6.45) is 3.48. The van der Waals surface area contributed by atoms with E-state index in [4.69, 9.17) is 10.8 Å². The van der Waals surface area contributed by atoms with Crippen LogP contribution in [0.2, 0.25) is 0 Å². The summed E-state index contributed by atoms with van der Waals surface area (Å²) < 4.78 is 41.2. The van der Waals surface area contributed by atoms with Crippen LogP contribution in [0.1, 0.15) is 102 Å². The average molecular weight is 842 g/mol. The van der Waals surface area contributed by atoms with Gasteiger partial charge in [-0.2, -0.15) is 28.6 Å². The zero-order chi connectivity index (χ0) is 43.4. The predicted molar refractivity (Wildman–Crippen MR) is 220 cm³/mol. The van der Waals surface area contributed by atoms with Gasteiger partial charge in [-0.15, -0.1) is 0 Å². The Hall–Kier alpha value is -6.38. The van der Waals surface area contributed by atoms with Crippen molar-refractivity contribution in [3.63, 3.8) is 0 Å². The van der Waals surface area contributed by atoms with E-state index in [0.29, 0.717) is 55.6 Å². The Labute approximate surface area is 351 Å². The second kappa shape index (κ2) is 18.1. The lowest BCUT2D eigenvalue weighted by atomic mass is 9.78. The number of aromatic nitrogens is 4. The normalized spacial score (nSPS) is 22.7. The van der Waals surface area contributed by atoms with Crippen LogP contribution in [0.25, 0.3) is 0 Å². The number of carbonyl (C=O) groups excluding carboxylic acids is 4. The number of rotatable bonds is 14. The molecule has 0 bridgehead atoms. The van der Waals surface area contributed by atoms with Crippen LogP contribution in [0.15, 0.2) is 60.9 Å². The Morgan fingerprint density at radius 2 is 1.36 bits per heavy atom. The fraction of sp³-hybridized carbons (Fsp3) is 0.465. The number of nitrogens with zero attached hydrogens (tertiary/aromatic N) is 5. The Kier molecular flexibility index (Phi) is 12.7. The van der Waals surface area contributed by atoms with Crippen LogP contribution in [-0.4, -0.2) is 62.0 Å². The molecule has 0 spiro atoms. The van der Waals surface area contributed by atoms with Crippen molar-refractivity contribution in [3.05, 3.63) is 83.2 Å². The molecule has 61 heavy (non-hydrogen) atoms. The number of anilines is 4. The topological polar surface area (TPSA) is 214 Å². The van der Waals surface area contributed by atoms with Crippen molar-refractivity contribution in [2.75, 3.05) is 17.2 Å². The van der Waals surface area contributed by atoms with E-state index in [9.17, 15) is 37.6 Å². The van der Waals surface area contributed by atoms with Crippen molar-refractivity contribution in [1.82, 2.24) is 35.5 Å². The van der Waals surface area contributed by atoms with E-state index in [1.807, 2.05) is 43.4 Å². The molecule has 15 nitrogen and oxygen atoms in total. The first-order valence-corrected chi connectivity index (χ1v) is 20.6. The largest absolute Gasteiger partial charge is 0.405 e. The first-order chi connectivity index (χ1) is 29.1. The number of hydrogen-bond donors (Lipinski definition) is 6. The number of nitrogens with two attached hydrogens (primary N) is 1. The Morgan fingerprint density at radius 1 is 0.787 bits per heavy atom. The van der Waals surface area contributed by atoms with Crippen LogP contribution in [0.4, 0.5) is 36.2 Å². The molecule has 3 aliphatic rings. The molecule has 4 aromatic rings. The molecule has 0 radical (unpaired) electrons. The number of hydrogen-bond acceptors (Lipinski definition) is 9. The second-order valence-electron chi connectivity index (χ2n) is 16.6. The predicted octanol–water partition coefficient (Wildman–Crippen LogP) is 6.32. The molecule has 2 aromatic carbocycles. The molecule has 3 aliphatic carbocycles. The summed E-state index contributed by atoms with van der Waals surface area (Å²) in [7, 11) is 0. The summed E-state index contributed by atoms with van der Waals surface area (Å²) in [4.78, 5) is 51.5. The van der Waals surface area contributed by atoms with Crippen molar-refractivity contribution in [2.24, 2.45) is 29.4 Å². The monoisotopic (exact) mass is 841 g/mol. The summed E-state index contributed by atoms with van der Waals surface area (Å²) in [5.41, 5.74) is 9.34. The molecule has 6 atom stereocenters. The summed E-state index contributed by atoms with van der Waals surface area (Å²) in [5.74, 6) is -2.53. The minimum atomic E-state index is -4.49. The fourth-order valence-electron chi connectivity index (χ4n) is 8.29. The van der Waals surface area contributed by atoms with Crippen molar-refractivity contribution >= 4 is 46.6 Å².